The van der Waals surface area contributed by atoms with E-state index in [1.807, 2.05) is 176 Å². The Labute approximate surface area is 336 Å². The van der Waals surface area contributed by atoms with Crippen LogP contribution in [0.4, 0.5) is 5.69 Å². The molecule has 0 atom stereocenters. The average molecular weight is 762 g/mol. The smallest absolute Gasteiger partial charge is 0.266 e. The van der Waals surface area contributed by atoms with Crippen LogP contribution in [0.25, 0.3) is 77.2 Å². The molecule has 0 unspecified atom stereocenters. The maximum Gasteiger partial charge on any atom is 0.266 e. The summed E-state index contributed by atoms with van der Waals surface area (Å²) in [5.41, 5.74) is 8.85. The molecule has 1 aliphatic heterocycles. The Hall–Kier alpha value is -8.16. The molecule has 1 aliphatic rings. The molecule has 0 spiro atoms. The molecule has 0 saturated carbocycles. The van der Waals surface area contributed by atoms with Crippen LogP contribution in [0.3, 0.4) is 0 Å². The third-order valence-corrected chi connectivity index (χ3v) is 11.5. The third kappa shape index (κ3) is 5.15. The summed E-state index contributed by atoms with van der Waals surface area (Å²) in [4.78, 5) is 57.2. The number of benzene rings is 8. The van der Waals surface area contributed by atoms with Gasteiger partial charge in [0.2, 0.25) is 0 Å². The third-order valence-electron chi connectivity index (χ3n) is 11.5. The SMILES string of the molecule is O=C1c2c(-c3ccc(-n4c5ccccc5c(=O)c5ccccc54)cc3)ccc(-c3ccc(-n4c5ccccc5c(=O)c5ccccc54)cc3)c2C(=O)N1c1ccccc1. The van der Waals surface area contributed by atoms with Crippen molar-refractivity contribution in [3.05, 3.63) is 220 Å². The number of anilines is 1. The Kier molecular flexibility index (Phi) is 7.64. The van der Waals surface area contributed by atoms with Crippen LogP contribution in [-0.4, -0.2) is 20.9 Å². The first-order valence-corrected chi connectivity index (χ1v) is 19.4. The summed E-state index contributed by atoms with van der Waals surface area (Å²) in [6, 6.07) is 59.0. The van der Waals surface area contributed by atoms with E-state index in [0.717, 1.165) is 44.6 Å². The fourth-order valence-electron chi connectivity index (χ4n) is 8.78. The van der Waals surface area contributed by atoms with Crippen molar-refractivity contribution in [2.75, 3.05) is 4.90 Å². The minimum absolute atomic E-state index is 0.0147. The molecule has 7 heteroatoms. The van der Waals surface area contributed by atoms with Gasteiger partial charge in [-0.3, -0.25) is 19.2 Å². The molecule has 0 bridgehead atoms. The fourth-order valence-corrected chi connectivity index (χ4v) is 8.78. The molecule has 0 fully saturated rings. The summed E-state index contributed by atoms with van der Waals surface area (Å²) in [7, 11) is 0. The van der Waals surface area contributed by atoms with E-state index in [2.05, 4.69) is 9.13 Å². The molecular formula is C52H31N3O4. The first-order chi connectivity index (χ1) is 29.0. The Morgan fingerprint density at radius 3 is 0.966 bits per heavy atom. The predicted octanol–water partition coefficient (Wildman–Crippen LogP) is 10.7. The molecule has 0 radical (unpaired) electrons. The van der Waals surface area contributed by atoms with Gasteiger partial charge in [-0.05, 0) is 107 Å². The van der Waals surface area contributed by atoms with E-state index in [9.17, 15) is 19.2 Å². The molecule has 59 heavy (non-hydrogen) atoms. The van der Waals surface area contributed by atoms with Gasteiger partial charge in [0.25, 0.3) is 11.8 Å². The minimum Gasteiger partial charge on any atom is -0.309 e. The summed E-state index contributed by atoms with van der Waals surface area (Å²) < 4.78 is 4.16. The first kappa shape index (κ1) is 34.1. The number of carbonyl (C=O) groups is 2. The van der Waals surface area contributed by atoms with Crippen LogP contribution in [0.5, 0.6) is 0 Å². The van der Waals surface area contributed by atoms with Crippen LogP contribution in [0.1, 0.15) is 20.7 Å². The van der Waals surface area contributed by atoms with E-state index in [4.69, 9.17) is 0 Å². The highest BCUT2D eigenvalue weighted by atomic mass is 16.2. The van der Waals surface area contributed by atoms with E-state index in [1.165, 1.54) is 4.90 Å². The average Bonchev–Trinajstić information content (AvgIpc) is 3.56. The van der Waals surface area contributed by atoms with Gasteiger partial charge in [0.15, 0.2) is 10.9 Å². The van der Waals surface area contributed by atoms with Crippen molar-refractivity contribution in [3.8, 4) is 33.6 Å². The molecule has 7 nitrogen and oxygen atoms in total. The van der Waals surface area contributed by atoms with Crippen molar-refractivity contribution < 1.29 is 9.59 Å². The number of aromatic nitrogens is 2. The van der Waals surface area contributed by atoms with Crippen molar-refractivity contribution >= 4 is 61.1 Å². The first-order valence-electron chi connectivity index (χ1n) is 19.4. The van der Waals surface area contributed by atoms with Crippen LogP contribution in [0.15, 0.2) is 198 Å². The van der Waals surface area contributed by atoms with E-state index >= 15 is 0 Å². The van der Waals surface area contributed by atoms with Gasteiger partial charge in [0.05, 0.1) is 38.9 Å². The Balaban J connectivity index is 1.06. The highest BCUT2D eigenvalue weighted by molar-refractivity contribution is 6.37. The molecule has 3 heterocycles. The predicted molar refractivity (Wildman–Crippen MR) is 236 cm³/mol. The van der Waals surface area contributed by atoms with Gasteiger partial charge in [-0.1, -0.05) is 103 Å². The number of pyridine rings is 2. The number of fused-ring (bicyclic) bond motifs is 5. The summed E-state index contributed by atoms with van der Waals surface area (Å²) in [5, 5.41) is 2.51. The summed E-state index contributed by atoms with van der Waals surface area (Å²) >= 11 is 0. The number of imide groups is 1. The molecule has 2 amide bonds. The summed E-state index contributed by atoms with van der Waals surface area (Å²) in [6.45, 7) is 0. The van der Waals surface area contributed by atoms with E-state index in [0.29, 0.717) is 49.5 Å². The van der Waals surface area contributed by atoms with E-state index in [1.54, 1.807) is 12.1 Å². The highest BCUT2D eigenvalue weighted by Gasteiger charge is 2.41. The van der Waals surface area contributed by atoms with Crippen molar-refractivity contribution in [3.63, 3.8) is 0 Å². The van der Waals surface area contributed by atoms with Crippen LogP contribution in [0.2, 0.25) is 0 Å². The van der Waals surface area contributed by atoms with Crippen molar-refractivity contribution in [1.29, 1.82) is 0 Å². The fraction of sp³-hybridized carbons (Fsp3) is 0. The number of hydrogen-bond donors (Lipinski definition) is 0. The Morgan fingerprint density at radius 1 is 0.288 bits per heavy atom. The second-order valence-electron chi connectivity index (χ2n) is 14.7. The lowest BCUT2D eigenvalue weighted by Crippen LogP contribution is -2.29. The van der Waals surface area contributed by atoms with Crippen LogP contribution in [0, 0.1) is 0 Å². The number of amides is 2. The van der Waals surface area contributed by atoms with Gasteiger partial charge in [-0.15, -0.1) is 0 Å². The number of rotatable bonds is 5. The second kappa shape index (κ2) is 13.2. The normalized spacial score (nSPS) is 12.6. The standard InChI is InChI=1S/C52H31N3O4/c56-49-39-14-4-8-18-43(39)53(44-19-9-5-15-40(44)49)35-26-22-32(23-27-35)37-30-31-38(48-47(37)51(58)55(52(48)59)34-12-2-1-3-13-34)33-24-28-36(29-25-33)54-45-20-10-6-16-41(45)50(57)42-17-7-11-21-46(42)54/h1-31H. The molecular weight excluding hydrogens is 731 g/mol. The van der Waals surface area contributed by atoms with Crippen LogP contribution < -0.4 is 15.8 Å². The van der Waals surface area contributed by atoms with Gasteiger partial charge in [-0.2, -0.15) is 0 Å². The largest absolute Gasteiger partial charge is 0.309 e. The van der Waals surface area contributed by atoms with Crippen molar-refractivity contribution in [2.24, 2.45) is 0 Å². The topological polar surface area (TPSA) is 81.4 Å². The molecule has 0 saturated heterocycles. The summed E-state index contributed by atoms with van der Waals surface area (Å²) in [5.74, 6) is -0.783. The van der Waals surface area contributed by atoms with Gasteiger partial charge < -0.3 is 9.13 Å². The van der Waals surface area contributed by atoms with Gasteiger partial charge in [-0.25, -0.2) is 4.90 Å². The van der Waals surface area contributed by atoms with E-state index < -0.39 is 11.8 Å². The van der Waals surface area contributed by atoms with Gasteiger partial charge in [0.1, 0.15) is 0 Å². The lowest BCUT2D eigenvalue weighted by Gasteiger charge is -2.17. The summed E-state index contributed by atoms with van der Waals surface area (Å²) in [6.07, 6.45) is 0. The van der Waals surface area contributed by atoms with Crippen molar-refractivity contribution in [2.45, 2.75) is 0 Å². The molecule has 0 aliphatic carbocycles. The maximum atomic E-state index is 14.6. The van der Waals surface area contributed by atoms with Gasteiger partial charge >= 0.3 is 0 Å². The molecule has 10 aromatic rings. The molecule has 11 rings (SSSR count). The lowest BCUT2D eigenvalue weighted by molar-refractivity contribution is 0.0926. The van der Waals surface area contributed by atoms with E-state index in [-0.39, 0.29) is 10.9 Å². The quantitative estimate of drug-likeness (QED) is 0.129. The Morgan fingerprint density at radius 2 is 0.610 bits per heavy atom. The molecule has 278 valence electrons. The zero-order valence-electron chi connectivity index (χ0n) is 31.4. The number of nitrogens with zero attached hydrogens (tertiary/aromatic N) is 3. The molecule has 0 N–H and O–H groups in total. The zero-order chi connectivity index (χ0) is 39.8. The highest BCUT2D eigenvalue weighted by Crippen LogP contribution is 2.41. The number of carbonyl (C=O) groups excluding carboxylic acids is 2. The second-order valence-corrected chi connectivity index (χ2v) is 14.7. The number of hydrogen-bond acceptors (Lipinski definition) is 4. The molecule has 2 aromatic heterocycles. The lowest BCUT2D eigenvalue weighted by atomic mass is 9.90. The van der Waals surface area contributed by atoms with Crippen molar-refractivity contribution in [1.82, 2.24) is 9.13 Å². The maximum absolute atomic E-state index is 14.6. The molecule has 8 aromatic carbocycles. The van der Waals surface area contributed by atoms with Gasteiger partial charge in [0, 0.05) is 32.9 Å². The zero-order valence-corrected chi connectivity index (χ0v) is 31.4. The van der Waals surface area contributed by atoms with Crippen LogP contribution in [-0.2, 0) is 0 Å². The van der Waals surface area contributed by atoms with Crippen LogP contribution >= 0.6 is 0 Å². The number of para-hydroxylation sites is 5. The monoisotopic (exact) mass is 761 g/mol. The Bertz CT molecular complexity index is 3180. The minimum atomic E-state index is -0.391.